The normalized spacial score (nSPS) is 41.1. The highest BCUT2D eigenvalue weighted by molar-refractivity contribution is 8.01. The standard InChI is InChI=1S/C17H18O4S/c1-20-12-8-7-11(18)13-14(12)17(16(19)21-2)10-6-4-3-5-9(10)15(13)22-17/h3-8,11-15,18H,1-2H3/t11-,12+,13-,14+,15-,17+/m0/s1. The Labute approximate surface area is 133 Å². The minimum atomic E-state index is -0.785. The summed E-state index contributed by atoms with van der Waals surface area (Å²) in [7, 11) is 3.08. The van der Waals surface area contributed by atoms with Crippen LogP contribution in [0, 0.1) is 11.8 Å². The zero-order valence-electron chi connectivity index (χ0n) is 12.4. The number of aliphatic hydroxyl groups is 1. The van der Waals surface area contributed by atoms with Gasteiger partial charge >= 0.3 is 5.97 Å². The van der Waals surface area contributed by atoms with E-state index in [2.05, 4.69) is 6.07 Å². The first-order chi connectivity index (χ1) is 10.6. The molecule has 0 radical (unpaired) electrons. The second-order valence-electron chi connectivity index (χ2n) is 6.03. The van der Waals surface area contributed by atoms with Gasteiger partial charge in [-0.2, -0.15) is 0 Å². The molecule has 1 fully saturated rings. The topological polar surface area (TPSA) is 55.8 Å². The smallest absolute Gasteiger partial charge is 0.326 e. The summed E-state index contributed by atoms with van der Waals surface area (Å²) in [6.07, 6.45) is 2.91. The Hall–Kier alpha value is -1.30. The van der Waals surface area contributed by atoms with Crippen LogP contribution in [-0.4, -0.2) is 37.5 Å². The molecule has 6 atom stereocenters. The van der Waals surface area contributed by atoms with Crippen molar-refractivity contribution in [2.24, 2.45) is 11.8 Å². The van der Waals surface area contributed by atoms with Crippen molar-refractivity contribution in [2.75, 3.05) is 14.2 Å². The van der Waals surface area contributed by atoms with E-state index in [1.165, 1.54) is 7.11 Å². The monoisotopic (exact) mass is 318 g/mol. The second kappa shape index (κ2) is 4.85. The van der Waals surface area contributed by atoms with E-state index >= 15 is 0 Å². The molecule has 3 aliphatic rings. The van der Waals surface area contributed by atoms with Crippen LogP contribution in [0.2, 0.25) is 0 Å². The van der Waals surface area contributed by atoms with Gasteiger partial charge < -0.3 is 14.6 Å². The molecule has 0 unspecified atom stereocenters. The molecular formula is C17H18O4S. The summed E-state index contributed by atoms with van der Waals surface area (Å²) in [5, 5.41) is 10.6. The maximum Gasteiger partial charge on any atom is 0.326 e. The number of aliphatic hydroxyl groups excluding tert-OH is 1. The van der Waals surface area contributed by atoms with E-state index in [4.69, 9.17) is 9.47 Å². The molecule has 0 amide bonds. The van der Waals surface area contributed by atoms with Crippen molar-refractivity contribution in [1.29, 1.82) is 0 Å². The lowest BCUT2D eigenvalue weighted by molar-refractivity contribution is -0.148. The fraction of sp³-hybridized carbons (Fsp3) is 0.471. The van der Waals surface area contributed by atoms with Crippen LogP contribution in [-0.2, 0) is 19.0 Å². The van der Waals surface area contributed by atoms with Crippen LogP contribution in [0.5, 0.6) is 0 Å². The highest BCUT2D eigenvalue weighted by Gasteiger charge is 2.69. The van der Waals surface area contributed by atoms with E-state index in [0.717, 1.165) is 11.1 Å². The molecule has 1 aromatic carbocycles. The Bertz CT molecular complexity index is 658. The molecule has 0 aromatic heterocycles. The Morgan fingerprint density at radius 1 is 1.27 bits per heavy atom. The molecule has 1 aromatic rings. The quantitative estimate of drug-likeness (QED) is 0.668. The SMILES string of the molecule is COC(=O)[C@@]12S[C@@H](c3ccccc31)[C@@H]1[C@H]2[C@H](OC)C=C[C@@H]1O. The average molecular weight is 318 g/mol. The van der Waals surface area contributed by atoms with E-state index in [1.807, 2.05) is 24.3 Å². The highest BCUT2D eigenvalue weighted by atomic mass is 32.2. The summed E-state index contributed by atoms with van der Waals surface area (Å²) in [6, 6.07) is 8.00. The molecule has 0 spiro atoms. The van der Waals surface area contributed by atoms with Crippen molar-refractivity contribution in [1.82, 2.24) is 0 Å². The number of benzene rings is 1. The van der Waals surface area contributed by atoms with Gasteiger partial charge in [-0.1, -0.05) is 36.4 Å². The predicted molar refractivity (Wildman–Crippen MR) is 83.4 cm³/mol. The van der Waals surface area contributed by atoms with Crippen LogP contribution in [0.4, 0.5) is 0 Å². The van der Waals surface area contributed by atoms with Gasteiger partial charge in [-0.15, -0.1) is 11.8 Å². The molecule has 116 valence electrons. The van der Waals surface area contributed by atoms with E-state index in [-0.39, 0.29) is 29.2 Å². The number of methoxy groups -OCH3 is 2. The third-order valence-corrected chi connectivity index (χ3v) is 7.07. The molecule has 1 N–H and O–H groups in total. The summed E-state index contributed by atoms with van der Waals surface area (Å²) in [6.45, 7) is 0. The van der Waals surface area contributed by atoms with Gasteiger partial charge in [0.25, 0.3) is 0 Å². The predicted octanol–water partition coefficient (Wildman–Crippen LogP) is 2.03. The van der Waals surface area contributed by atoms with Gasteiger partial charge in [-0.3, -0.25) is 4.79 Å². The lowest BCUT2D eigenvalue weighted by atomic mass is 9.63. The molecule has 1 saturated heterocycles. The molecule has 0 saturated carbocycles. The number of carbonyl (C=O) groups is 1. The molecule has 2 aliphatic heterocycles. The van der Waals surface area contributed by atoms with E-state index in [0.29, 0.717) is 0 Å². The zero-order valence-corrected chi connectivity index (χ0v) is 13.2. The Balaban J connectivity index is 1.95. The molecule has 5 heteroatoms. The molecule has 22 heavy (non-hydrogen) atoms. The van der Waals surface area contributed by atoms with Crippen molar-refractivity contribution in [3.63, 3.8) is 0 Å². The molecular weight excluding hydrogens is 300 g/mol. The number of ether oxygens (including phenoxy) is 2. The molecule has 4 nitrogen and oxygen atoms in total. The van der Waals surface area contributed by atoms with Gasteiger partial charge in [0.05, 0.1) is 19.3 Å². The van der Waals surface area contributed by atoms with Crippen molar-refractivity contribution < 1.29 is 19.4 Å². The van der Waals surface area contributed by atoms with Gasteiger partial charge in [0.1, 0.15) is 4.75 Å². The van der Waals surface area contributed by atoms with Crippen LogP contribution < -0.4 is 0 Å². The first kappa shape index (κ1) is 14.3. The number of esters is 1. The van der Waals surface area contributed by atoms with Gasteiger partial charge in [-0.05, 0) is 11.1 Å². The number of rotatable bonds is 2. The van der Waals surface area contributed by atoms with Crippen molar-refractivity contribution in [3.8, 4) is 0 Å². The highest BCUT2D eigenvalue weighted by Crippen LogP contribution is 2.72. The Kier molecular flexibility index (Phi) is 3.15. The fourth-order valence-electron chi connectivity index (χ4n) is 4.40. The van der Waals surface area contributed by atoms with Crippen LogP contribution in [0.15, 0.2) is 36.4 Å². The van der Waals surface area contributed by atoms with Gasteiger partial charge in [0, 0.05) is 24.2 Å². The van der Waals surface area contributed by atoms with Crippen molar-refractivity contribution >= 4 is 17.7 Å². The van der Waals surface area contributed by atoms with Crippen molar-refractivity contribution in [3.05, 3.63) is 47.5 Å². The second-order valence-corrected chi connectivity index (χ2v) is 7.42. The summed E-state index contributed by atoms with van der Waals surface area (Å²) in [4.78, 5) is 12.8. The van der Waals surface area contributed by atoms with Crippen LogP contribution in [0.25, 0.3) is 0 Å². The van der Waals surface area contributed by atoms with Crippen LogP contribution in [0.3, 0.4) is 0 Å². The zero-order chi connectivity index (χ0) is 15.5. The minimum absolute atomic E-state index is 0.0334. The van der Waals surface area contributed by atoms with Gasteiger partial charge in [0.2, 0.25) is 0 Å². The van der Waals surface area contributed by atoms with E-state index in [1.54, 1.807) is 24.9 Å². The minimum Gasteiger partial charge on any atom is -0.468 e. The maximum atomic E-state index is 12.8. The first-order valence-electron chi connectivity index (χ1n) is 7.40. The fourth-order valence-corrected chi connectivity index (χ4v) is 6.56. The molecule has 2 heterocycles. The Morgan fingerprint density at radius 3 is 2.77 bits per heavy atom. The lowest BCUT2D eigenvalue weighted by Crippen LogP contribution is -2.51. The maximum absolute atomic E-state index is 12.8. The summed E-state index contributed by atoms with van der Waals surface area (Å²) in [5.74, 6) is -0.395. The van der Waals surface area contributed by atoms with Crippen LogP contribution in [0.1, 0.15) is 16.4 Å². The molecule has 4 rings (SSSR count). The third kappa shape index (κ3) is 1.54. The molecule has 1 aliphatic carbocycles. The average Bonchev–Trinajstić information content (AvgIpc) is 3.09. The lowest BCUT2D eigenvalue weighted by Gasteiger charge is -2.43. The first-order valence-corrected chi connectivity index (χ1v) is 8.28. The summed E-state index contributed by atoms with van der Waals surface area (Å²) >= 11 is 1.61. The number of fused-ring (bicyclic) bond motifs is 8. The summed E-state index contributed by atoms with van der Waals surface area (Å²) < 4.78 is 10.0. The van der Waals surface area contributed by atoms with Crippen molar-refractivity contribution in [2.45, 2.75) is 22.2 Å². The van der Waals surface area contributed by atoms with E-state index < -0.39 is 10.9 Å². The largest absolute Gasteiger partial charge is 0.468 e. The van der Waals surface area contributed by atoms with Crippen LogP contribution >= 0.6 is 11.8 Å². The number of thioether (sulfide) groups is 1. The summed E-state index contributed by atoms with van der Waals surface area (Å²) in [5.41, 5.74) is 2.16. The Morgan fingerprint density at radius 2 is 2.05 bits per heavy atom. The molecule has 2 bridgehead atoms. The number of carbonyl (C=O) groups excluding carboxylic acids is 1. The van der Waals surface area contributed by atoms with E-state index in [9.17, 15) is 9.90 Å². The van der Waals surface area contributed by atoms with Gasteiger partial charge in [-0.25, -0.2) is 0 Å². The number of hydrogen-bond acceptors (Lipinski definition) is 5. The third-order valence-electron chi connectivity index (χ3n) is 5.22. The van der Waals surface area contributed by atoms with Gasteiger partial charge in [0.15, 0.2) is 0 Å². The number of hydrogen-bond donors (Lipinski definition) is 1.